The summed E-state index contributed by atoms with van der Waals surface area (Å²) in [6, 6.07) is 0. The van der Waals surface area contributed by atoms with E-state index in [-0.39, 0.29) is 6.10 Å². The summed E-state index contributed by atoms with van der Waals surface area (Å²) in [5.41, 5.74) is 1.28. The highest BCUT2D eigenvalue weighted by molar-refractivity contribution is 5.02. The lowest BCUT2D eigenvalue weighted by Gasteiger charge is -2.37. The lowest BCUT2D eigenvalue weighted by atomic mass is 9.70. The van der Waals surface area contributed by atoms with Crippen LogP contribution in [0.3, 0.4) is 0 Å². The minimum absolute atomic E-state index is 0.0874. The molecule has 12 heavy (non-hydrogen) atoms. The van der Waals surface area contributed by atoms with Crippen molar-refractivity contribution in [1.29, 1.82) is 0 Å². The molecule has 0 amide bonds. The molecule has 0 aliphatic heterocycles. The van der Waals surface area contributed by atoms with Gasteiger partial charge in [0.2, 0.25) is 0 Å². The second kappa shape index (κ2) is 3.61. The van der Waals surface area contributed by atoms with E-state index < -0.39 is 0 Å². The Bertz CT molecular complexity index is 174. The van der Waals surface area contributed by atoms with E-state index >= 15 is 0 Å². The zero-order valence-electron chi connectivity index (χ0n) is 8.38. The Morgan fingerprint density at radius 3 is 2.33 bits per heavy atom. The molecule has 0 heterocycles. The topological polar surface area (TPSA) is 20.2 Å². The van der Waals surface area contributed by atoms with Gasteiger partial charge in [-0.1, -0.05) is 26.0 Å². The van der Waals surface area contributed by atoms with E-state index in [9.17, 15) is 5.11 Å². The molecule has 4 unspecified atom stereocenters. The van der Waals surface area contributed by atoms with Gasteiger partial charge in [-0.15, -0.1) is 0 Å². The number of aliphatic hydroxyl groups excluding tert-OH is 1. The fourth-order valence-electron chi connectivity index (χ4n) is 2.29. The SMILES string of the molecule is C=C(C)C1CCC(O)C(C)C1C. The standard InChI is InChI=1S/C11H20O/c1-7(2)10-5-6-11(12)9(4)8(10)3/h8-12H,1,5-6H2,2-4H3. The molecule has 0 saturated heterocycles. The van der Waals surface area contributed by atoms with Crippen molar-refractivity contribution >= 4 is 0 Å². The molecular formula is C11H20O. The van der Waals surface area contributed by atoms with Gasteiger partial charge in [-0.25, -0.2) is 0 Å². The smallest absolute Gasteiger partial charge is 0.0568 e. The maximum Gasteiger partial charge on any atom is 0.0568 e. The van der Waals surface area contributed by atoms with Crippen LogP contribution in [0.4, 0.5) is 0 Å². The largest absolute Gasteiger partial charge is 0.393 e. The van der Waals surface area contributed by atoms with E-state index in [1.807, 2.05) is 0 Å². The van der Waals surface area contributed by atoms with Gasteiger partial charge in [-0.2, -0.15) is 0 Å². The number of rotatable bonds is 1. The summed E-state index contributed by atoms with van der Waals surface area (Å²) < 4.78 is 0. The average Bonchev–Trinajstić information content (AvgIpc) is 2.00. The Morgan fingerprint density at radius 2 is 1.83 bits per heavy atom. The summed E-state index contributed by atoms with van der Waals surface area (Å²) in [6.45, 7) is 10.5. The van der Waals surface area contributed by atoms with Crippen molar-refractivity contribution < 1.29 is 5.11 Å². The molecule has 1 aliphatic rings. The zero-order valence-corrected chi connectivity index (χ0v) is 8.38. The average molecular weight is 168 g/mol. The molecule has 0 radical (unpaired) electrons. The van der Waals surface area contributed by atoms with Gasteiger partial charge in [0.15, 0.2) is 0 Å². The van der Waals surface area contributed by atoms with E-state index in [0.29, 0.717) is 17.8 Å². The fraction of sp³-hybridized carbons (Fsp3) is 0.818. The predicted octanol–water partition coefficient (Wildman–Crippen LogP) is 2.61. The van der Waals surface area contributed by atoms with Gasteiger partial charge in [0.1, 0.15) is 0 Å². The second-order valence-electron chi connectivity index (χ2n) is 4.32. The van der Waals surface area contributed by atoms with Gasteiger partial charge in [0.05, 0.1) is 6.10 Å². The van der Waals surface area contributed by atoms with Crippen LogP contribution < -0.4 is 0 Å². The molecule has 0 aromatic heterocycles. The first-order valence-electron chi connectivity index (χ1n) is 4.87. The summed E-state index contributed by atoms with van der Waals surface area (Å²) in [5.74, 6) is 1.65. The highest BCUT2D eigenvalue weighted by atomic mass is 16.3. The Labute approximate surface area is 75.5 Å². The molecule has 0 bridgehead atoms. The van der Waals surface area contributed by atoms with Crippen molar-refractivity contribution in [1.82, 2.24) is 0 Å². The lowest BCUT2D eigenvalue weighted by Crippen LogP contribution is -2.34. The Kier molecular flexibility index (Phi) is 2.94. The molecule has 1 saturated carbocycles. The molecule has 0 aromatic rings. The van der Waals surface area contributed by atoms with Crippen molar-refractivity contribution in [3.63, 3.8) is 0 Å². The fourth-order valence-corrected chi connectivity index (χ4v) is 2.29. The first-order chi connectivity index (χ1) is 5.54. The van der Waals surface area contributed by atoms with Gasteiger partial charge < -0.3 is 5.11 Å². The summed E-state index contributed by atoms with van der Waals surface area (Å²) in [4.78, 5) is 0. The van der Waals surface area contributed by atoms with E-state index in [4.69, 9.17) is 0 Å². The van der Waals surface area contributed by atoms with Crippen LogP contribution in [0.5, 0.6) is 0 Å². The van der Waals surface area contributed by atoms with E-state index in [0.717, 1.165) is 12.8 Å². The molecule has 1 fully saturated rings. The van der Waals surface area contributed by atoms with Crippen molar-refractivity contribution in [2.24, 2.45) is 17.8 Å². The molecule has 1 N–H and O–H groups in total. The van der Waals surface area contributed by atoms with Crippen LogP contribution in [-0.2, 0) is 0 Å². The van der Waals surface area contributed by atoms with Crippen molar-refractivity contribution in [2.45, 2.75) is 39.7 Å². The van der Waals surface area contributed by atoms with Crippen LogP contribution in [0.15, 0.2) is 12.2 Å². The molecule has 0 aromatic carbocycles. The predicted molar refractivity (Wildman–Crippen MR) is 51.9 cm³/mol. The first kappa shape index (κ1) is 9.79. The number of aliphatic hydroxyl groups is 1. The maximum atomic E-state index is 9.62. The molecular weight excluding hydrogens is 148 g/mol. The monoisotopic (exact) mass is 168 g/mol. The van der Waals surface area contributed by atoms with Crippen LogP contribution >= 0.6 is 0 Å². The van der Waals surface area contributed by atoms with Crippen LogP contribution in [0, 0.1) is 17.8 Å². The first-order valence-corrected chi connectivity index (χ1v) is 4.87. The van der Waals surface area contributed by atoms with Crippen molar-refractivity contribution in [3.8, 4) is 0 Å². The van der Waals surface area contributed by atoms with Crippen LogP contribution in [0.25, 0.3) is 0 Å². The Hall–Kier alpha value is -0.300. The summed E-state index contributed by atoms with van der Waals surface area (Å²) in [6.07, 6.45) is 1.97. The molecule has 1 heteroatoms. The highest BCUT2D eigenvalue weighted by Gasteiger charge is 2.32. The van der Waals surface area contributed by atoms with E-state index in [1.54, 1.807) is 0 Å². The third-order valence-corrected chi connectivity index (χ3v) is 3.48. The molecule has 1 rings (SSSR count). The minimum Gasteiger partial charge on any atom is -0.393 e. The van der Waals surface area contributed by atoms with Gasteiger partial charge in [-0.05, 0) is 37.5 Å². The normalized spacial score (nSPS) is 42.7. The van der Waals surface area contributed by atoms with E-state index in [2.05, 4.69) is 27.4 Å². The van der Waals surface area contributed by atoms with Crippen LogP contribution in [0.1, 0.15) is 33.6 Å². The second-order valence-corrected chi connectivity index (χ2v) is 4.32. The molecule has 0 spiro atoms. The summed E-state index contributed by atoms with van der Waals surface area (Å²) >= 11 is 0. The van der Waals surface area contributed by atoms with Gasteiger partial charge in [-0.3, -0.25) is 0 Å². The minimum atomic E-state index is -0.0874. The summed E-state index contributed by atoms with van der Waals surface area (Å²) in [5, 5.41) is 9.62. The van der Waals surface area contributed by atoms with Crippen LogP contribution in [-0.4, -0.2) is 11.2 Å². The number of hydrogen-bond donors (Lipinski definition) is 1. The third-order valence-electron chi connectivity index (χ3n) is 3.48. The molecule has 1 nitrogen and oxygen atoms in total. The van der Waals surface area contributed by atoms with Gasteiger partial charge in [0, 0.05) is 0 Å². The molecule has 1 aliphatic carbocycles. The van der Waals surface area contributed by atoms with Crippen molar-refractivity contribution in [3.05, 3.63) is 12.2 Å². The van der Waals surface area contributed by atoms with E-state index in [1.165, 1.54) is 5.57 Å². The Morgan fingerprint density at radius 1 is 1.25 bits per heavy atom. The lowest BCUT2D eigenvalue weighted by molar-refractivity contribution is 0.0277. The number of hydrogen-bond acceptors (Lipinski definition) is 1. The number of allylic oxidation sites excluding steroid dienone is 1. The maximum absolute atomic E-state index is 9.62. The third kappa shape index (κ3) is 1.71. The molecule has 4 atom stereocenters. The zero-order chi connectivity index (χ0) is 9.30. The van der Waals surface area contributed by atoms with Gasteiger partial charge in [0.25, 0.3) is 0 Å². The highest BCUT2D eigenvalue weighted by Crippen LogP contribution is 2.37. The van der Waals surface area contributed by atoms with Crippen molar-refractivity contribution in [2.75, 3.05) is 0 Å². The van der Waals surface area contributed by atoms with Crippen LogP contribution in [0.2, 0.25) is 0 Å². The summed E-state index contributed by atoms with van der Waals surface area (Å²) in [7, 11) is 0. The quantitative estimate of drug-likeness (QED) is 0.597. The molecule has 70 valence electrons. The Balaban J connectivity index is 2.65. The van der Waals surface area contributed by atoms with Gasteiger partial charge >= 0.3 is 0 Å².